The Kier molecular flexibility index (Phi) is 9.91. The van der Waals surface area contributed by atoms with Crippen molar-refractivity contribution in [3.63, 3.8) is 0 Å². The van der Waals surface area contributed by atoms with E-state index in [1.54, 1.807) is 0 Å². The van der Waals surface area contributed by atoms with E-state index in [0.717, 1.165) is 12.4 Å². The van der Waals surface area contributed by atoms with Gasteiger partial charge in [-0.15, -0.1) is 0 Å². The summed E-state index contributed by atoms with van der Waals surface area (Å²) < 4.78 is 11.0. The highest BCUT2D eigenvalue weighted by atomic mass is 16.5. The van der Waals surface area contributed by atoms with Gasteiger partial charge in [0.15, 0.2) is 0 Å². The summed E-state index contributed by atoms with van der Waals surface area (Å²) in [5, 5.41) is 2.42. The number of benzene rings is 1. The maximum atomic E-state index is 5.75. The molecule has 0 heterocycles. The number of hydrogen-bond donors (Lipinski definition) is 0. The standard InChI is InChI=1S/C15H22O2.C2H6/c1-5-13-12(4)8-9-15(14(13)6-2)17-11-10-16-7-3;1-2/h5-6,8-9H,7,10-11H2,1-4H3;1-2H3/b13-5-,14-6+;. The predicted octanol–water partition coefficient (Wildman–Crippen LogP) is 3.04. The highest BCUT2D eigenvalue weighted by Gasteiger charge is 1.99. The third kappa shape index (κ3) is 5.48. The summed E-state index contributed by atoms with van der Waals surface area (Å²) in [6.07, 6.45) is 4.22. The van der Waals surface area contributed by atoms with Gasteiger partial charge < -0.3 is 9.47 Å². The van der Waals surface area contributed by atoms with Gasteiger partial charge in [0.1, 0.15) is 12.4 Å². The van der Waals surface area contributed by atoms with E-state index in [0.29, 0.717) is 13.2 Å². The molecular formula is C17H28O2. The SMILES string of the molecule is C/C=c1/c(C)ccc(OCCOCC)/c1=C/C.CC. The Balaban J connectivity index is 0.00000154. The van der Waals surface area contributed by atoms with Crippen molar-refractivity contribution in [3.8, 4) is 5.75 Å². The van der Waals surface area contributed by atoms with Gasteiger partial charge in [-0.2, -0.15) is 0 Å². The zero-order valence-corrected chi connectivity index (χ0v) is 13.2. The first-order chi connectivity index (χ1) is 9.24. The van der Waals surface area contributed by atoms with Crippen LogP contribution >= 0.6 is 0 Å². The predicted molar refractivity (Wildman–Crippen MR) is 84.0 cm³/mol. The number of rotatable bonds is 5. The molecule has 0 spiro atoms. The zero-order chi connectivity index (χ0) is 14.7. The topological polar surface area (TPSA) is 18.5 Å². The highest BCUT2D eigenvalue weighted by Crippen LogP contribution is 2.02. The third-order valence-corrected chi connectivity index (χ3v) is 2.73. The summed E-state index contributed by atoms with van der Waals surface area (Å²) in [5.41, 5.74) is 1.28. The summed E-state index contributed by atoms with van der Waals surface area (Å²) in [7, 11) is 0. The van der Waals surface area contributed by atoms with Crippen LogP contribution < -0.4 is 15.2 Å². The van der Waals surface area contributed by atoms with E-state index in [4.69, 9.17) is 9.47 Å². The van der Waals surface area contributed by atoms with Gasteiger partial charge in [-0.05, 0) is 44.5 Å². The molecule has 0 unspecified atom stereocenters. The van der Waals surface area contributed by atoms with Crippen molar-refractivity contribution in [1.82, 2.24) is 0 Å². The van der Waals surface area contributed by atoms with Crippen LogP contribution in [-0.4, -0.2) is 19.8 Å². The van der Waals surface area contributed by atoms with E-state index >= 15 is 0 Å². The van der Waals surface area contributed by atoms with Gasteiger partial charge in [0, 0.05) is 11.8 Å². The fourth-order valence-electron chi connectivity index (χ4n) is 1.89. The number of hydrogen-bond acceptors (Lipinski definition) is 2. The molecule has 0 aliphatic heterocycles. The van der Waals surface area contributed by atoms with Crippen LogP contribution in [0.2, 0.25) is 0 Å². The van der Waals surface area contributed by atoms with Gasteiger partial charge in [0.2, 0.25) is 0 Å². The second-order valence-corrected chi connectivity index (χ2v) is 3.83. The van der Waals surface area contributed by atoms with E-state index in [1.165, 1.54) is 16.0 Å². The lowest BCUT2D eigenvalue weighted by molar-refractivity contribution is 0.110. The third-order valence-electron chi connectivity index (χ3n) is 2.73. The Labute approximate surface area is 117 Å². The van der Waals surface area contributed by atoms with Gasteiger partial charge >= 0.3 is 0 Å². The zero-order valence-electron chi connectivity index (χ0n) is 13.2. The summed E-state index contributed by atoms with van der Waals surface area (Å²) >= 11 is 0. The second kappa shape index (κ2) is 10.6. The highest BCUT2D eigenvalue weighted by molar-refractivity contribution is 5.41. The number of aryl methyl sites for hydroxylation is 1. The Morgan fingerprint density at radius 3 is 2.16 bits per heavy atom. The molecule has 2 nitrogen and oxygen atoms in total. The molecule has 19 heavy (non-hydrogen) atoms. The molecule has 0 amide bonds. The Morgan fingerprint density at radius 2 is 1.63 bits per heavy atom. The van der Waals surface area contributed by atoms with Crippen LogP contribution in [0.3, 0.4) is 0 Å². The molecular weight excluding hydrogens is 236 g/mol. The van der Waals surface area contributed by atoms with Crippen molar-refractivity contribution in [2.24, 2.45) is 0 Å². The lowest BCUT2D eigenvalue weighted by Gasteiger charge is -2.08. The molecule has 0 aromatic heterocycles. The first kappa shape index (κ1) is 17.7. The maximum Gasteiger partial charge on any atom is 0.126 e. The summed E-state index contributed by atoms with van der Waals surface area (Å²) in [6.45, 7) is 14.2. The van der Waals surface area contributed by atoms with E-state index in [2.05, 4.69) is 32.1 Å². The lowest BCUT2D eigenvalue weighted by atomic mass is 10.1. The van der Waals surface area contributed by atoms with Crippen molar-refractivity contribution in [3.05, 3.63) is 28.1 Å². The summed E-state index contributed by atoms with van der Waals surface area (Å²) in [6, 6.07) is 4.13. The molecule has 0 saturated carbocycles. The van der Waals surface area contributed by atoms with E-state index < -0.39 is 0 Å². The minimum absolute atomic E-state index is 0.598. The van der Waals surface area contributed by atoms with Crippen molar-refractivity contribution >= 4 is 12.2 Å². The van der Waals surface area contributed by atoms with Crippen molar-refractivity contribution < 1.29 is 9.47 Å². The first-order valence-corrected chi connectivity index (χ1v) is 7.17. The molecule has 1 aromatic rings. The minimum Gasteiger partial charge on any atom is -0.491 e. The smallest absolute Gasteiger partial charge is 0.126 e. The van der Waals surface area contributed by atoms with E-state index in [-0.39, 0.29) is 0 Å². The molecule has 0 N–H and O–H groups in total. The molecule has 2 heteroatoms. The molecule has 0 atom stereocenters. The Bertz CT molecular complexity index is 461. The van der Waals surface area contributed by atoms with Gasteiger partial charge in [0.25, 0.3) is 0 Å². The summed E-state index contributed by atoms with van der Waals surface area (Å²) in [4.78, 5) is 0. The fourth-order valence-corrected chi connectivity index (χ4v) is 1.89. The first-order valence-electron chi connectivity index (χ1n) is 7.17. The molecule has 0 aliphatic carbocycles. The van der Waals surface area contributed by atoms with Gasteiger partial charge in [-0.1, -0.05) is 32.1 Å². The largest absolute Gasteiger partial charge is 0.491 e. The minimum atomic E-state index is 0.598. The van der Waals surface area contributed by atoms with Crippen LogP contribution in [0.25, 0.3) is 12.2 Å². The van der Waals surface area contributed by atoms with Crippen LogP contribution in [0.4, 0.5) is 0 Å². The molecule has 0 saturated heterocycles. The molecule has 0 bridgehead atoms. The van der Waals surface area contributed by atoms with Crippen LogP contribution in [0, 0.1) is 6.92 Å². The Morgan fingerprint density at radius 1 is 1.00 bits per heavy atom. The molecule has 0 radical (unpaired) electrons. The number of ether oxygens (including phenoxy) is 2. The Hall–Kier alpha value is -1.28. The van der Waals surface area contributed by atoms with Crippen LogP contribution in [0.5, 0.6) is 5.75 Å². The molecule has 0 fully saturated rings. The van der Waals surface area contributed by atoms with Crippen LogP contribution in [0.15, 0.2) is 12.1 Å². The van der Waals surface area contributed by atoms with Crippen LogP contribution in [0.1, 0.15) is 40.2 Å². The van der Waals surface area contributed by atoms with E-state index in [9.17, 15) is 0 Å². The average Bonchev–Trinajstić information content (AvgIpc) is 2.46. The maximum absolute atomic E-state index is 5.75. The van der Waals surface area contributed by atoms with Gasteiger partial charge in [-0.25, -0.2) is 0 Å². The van der Waals surface area contributed by atoms with Crippen LogP contribution in [-0.2, 0) is 4.74 Å². The second-order valence-electron chi connectivity index (χ2n) is 3.83. The molecule has 108 valence electrons. The molecule has 1 aromatic carbocycles. The quantitative estimate of drug-likeness (QED) is 0.761. The summed E-state index contributed by atoms with van der Waals surface area (Å²) in [5.74, 6) is 0.936. The fraction of sp³-hybridized carbons (Fsp3) is 0.529. The van der Waals surface area contributed by atoms with Crippen molar-refractivity contribution in [2.75, 3.05) is 19.8 Å². The van der Waals surface area contributed by atoms with Gasteiger partial charge in [-0.3, -0.25) is 0 Å². The monoisotopic (exact) mass is 264 g/mol. The molecule has 1 rings (SSSR count). The molecule has 0 aliphatic rings. The normalized spacial score (nSPS) is 12.1. The van der Waals surface area contributed by atoms with E-state index in [1.807, 2.05) is 33.8 Å². The van der Waals surface area contributed by atoms with Crippen molar-refractivity contribution in [2.45, 2.75) is 41.5 Å². The van der Waals surface area contributed by atoms with Crippen molar-refractivity contribution in [1.29, 1.82) is 0 Å². The lowest BCUT2D eigenvalue weighted by Crippen LogP contribution is -2.29. The van der Waals surface area contributed by atoms with Gasteiger partial charge in [0.05, 0.1) is 6.61 Å². The average molecular weight is 264 g/mol.